The maximum Gasteiger partial charge on any atom is 0.146 e. The van der Waals surface area contributed by atoms with E-state index in [0.29, 0.717) is 18.2 Å². The van der Waals surface area contributed by atoms with Gasteiger partial charge in [0.25, 0.3) is 0 Å². The van der Waals surface area contributed by atoms with Gasteiger partial charge in [-0.2, -0.15) is 5.26 Å². The van der Waals surface area contributed by atoms with Crippen LogP contribution in [0.15, 0.2) is 36.7 Å². The van der Waals surface area contributed by atoms with Gasteiger partial charge >= 0.3 is 0 Å². The van der Waals surface area contributed by atoms with Crippen molar-refractivity contribution in [1.82, 2.24) is 15.3 Å². The smallest absolute Gasteiger partial charge is 0.146 e. The standard InChI is InChI=1S/C24H31ClN4O/c1-2-3-4-7-21-15-24(10-13-30-21,22-8-5-6-11-28-22)9-12-27-17-19-14-20(16-26)23(25)29-18-19/h5-6,8,11,14,18,21,27H,2-4,7,9-10,12-13,15,17H2,1H3/t21?,24-/m1/s1. The lowest BCUT2D eigenvalue weighted by Gasteiger charge is -2.41. The van der Waals surface area contributed by atoms with Crippen LogP contribution in [-0.4, -0.2) is 29.2 Å². The Morgan fingerprint density at radius 2 is 2.23 bits per heavy atom. The highest BCUT2D eigenvalue weighted by molar-refractivity contribution is 6.30. The largest absolute Gasteiger partial charge is 0.378 e. The average Bonchev–Trinajstić information content (AvgIpc) is 2.79. The first-order chi connectivity index (χ1) is 14.7. The van der Waals surface area contributed by atoms with Gasteiger partial charge in [0.15, 0.2) is 0 Å². The third-order valence-electron chi connectivity index (χ3n) is 6.02. The second kappa shape index (κ2) is 11.4. The Bertz CT molecular complexity index is 839. The zero-order chi connectivity index (χ0) is 21.2. The maximum absolute atomic E-state index is 9.13. The van der Waals surface area contributed by atoms with Gasteiger partial charge in [0.05, 0.1) is 11.7 Å². The van der Waals surface area contributed by atoms with Gasteiger partial charge in [0.2, 0.25) is 0 Å². The van der Waals surface area contributed by atoms with Crippen LogP contribution in [0, 0.1) is 11.3 Å². The van der Waals surface area contributed by atoms with Crippen LogP contribution >= 0.6 is 11.6 Å². The van der Waals surface area contributed by atoms with Crippen LogP contribution < -0.4 is 5.32 Å². The van der Waals surface area contributed by atoms with E-state index < -0.39 is 0 Å². The second-order valence-electron chi connectivity index (χ2n) is 8.16. The molecule has 1 N–H and O–H groups in total. The lowest BCUT2D eigenvalue weighted by Crippen LogP contribution is -2.41. The minimum Gasteiger partial charge on any atom is -0.378 e. The molecule has 1 saturated heterocycles. The van der Waals surface area contributed by atoms with Crippen molar-refractivity contribution in [2.45, 2.75) is 69.9 Å². The number of nitrogens with zero attached hydrogens (tertiary/aromatic N) is 3. The average molecular weight is 427 g/mol. The van der Waals surface area contributed by atoms with Gasteiger partial charge in [-0.15, -0.1) is 0 Å². The van der Waals surface area contributed by atoms with Crippen LogP contribution in [0.25, 0.3) is 0 Å². The molecule has 2 atom stereocenters. The molecule has 0 aliphatic carbocycles. The molecule has 0 aromatic carbocycles. The minimum absolute atomic E-state index is 0.0411. The summed E-state index contributed by atoms with van der Waals surface area (Å²) in [5.74, 6) is 0. The number of aromatic nitrogens is 2. The van der Waals surface area contributed by atoms with E-state index in [9.17, 15) is 0 Å². The van der Waals surface area contributed by atoms with E-state index in [1.807, 2.05) is 12.3 Å². The van der Waals surface area contributed by atoms with E-state index in [2.05, 4.69) is 35.4 Å². The number of hydrogen-bond acceptors (Lipinski definition) is 5. The van der Waals surface area contributed by atoms with E-state index in [0.717, 1.165) is 44.4 Å². The molecular formula is C24H31ClN4O. The molecule has 3 heterocycles. The predicted molar refractivity (Wildman–Crippen MR) is 119 cm³/mol. The van der Waals surface area contributed by atoms with Crippen LogP contribution in [-0.2, 0) is 16.7 Å². The number of unbranched alkanes of at least 4 members (excludes halogenated alkanes) is 2. The van der Waals surface area contributed by atoms with Gasteiger partial charge < -0.3 is 10.1 Å². The number of halogens is 1. The summed E-state index contributed by atoms with van der Waals surface area (Å²) in [6, 6.07) is 10.1. The quantitative estimate of drug-likeness (QED) is 0.418. The third-order valence-corrected chi connectivity index (χ3v) is 6.32. The summed E-state index contributed by atoms with van der Waals surface area (Å²) >= 11 is 5.93. The van der Waals surface area contributed by atoms with Crippen LogP contribution in [0.4, 0.5) is 0 Å². The van der Waals surface area contributed by atoms with Crippen molar-refractivity contribution < 1.29 is 4.74 Å². The van der Waals surface area contributed by atoms with E-state index in [1.165, 1.54) is 25.0 Å². The highest BCUT2D eigenvalue weighted by atomic mass is 35.5. The number of ether oxygens (including phenoxy) is 1. The monoisotopic (exact) mass is 426 g/mol. The zero-order valence-electron chi connectivity index (χ0n) is 17.7. The number of hydrogen-bond donors (Lipinski definition) is 1. The summed E-state index contributed by atoms with van der Waals surface area (Å²) in [6.45, 7) is 4.55. The normalized spacial score (nSPS) is 21.3. The molecule has 1 unspecified atom stereocenters. The number of rotatable bonds is 10. The topological polar surface area (TPSA) is 70.8 Å². The van der Waals surface area contributed by atoms with Gasteiger partial charge in [-0.1, -0.05) is 43.9 Å². The van der Waals surface area contributed by atoms with E-state index in [-0.39, 0.29) is 10.6 Å². The molecular weight excluding hydrogens is 396 g/mol. The first-order valence-corrected chi connectivity index (χ1v) is 11.3. The molecule has 1 aliphatic heterocycles. The van der Waals surface area contributed by atoms with Gasteiger partial charge in [-0.25, -0.2) is 4.98 Å². The van der Waals surface area contributed by atoms with Crippen molar-refractivity contribution in [3.63, 3.8) is 0 Å². The number of nitriles is 1. The molecule has 5 nitrogen and oxygen atoms in total. The van der Waals surface area contributed by atoms with Crippen molar-refractivity contribution in [3.05, 3.63) is 58.6 Å². The van der Waals surface area contributed by atoms with Crippen molar-refractivity contribution >= 4 is 11.6 Å². The fourth-order valence-corrected chi connectivity index (χ4v) is 4.46. The number of nitrogens with one attached hydrogen (secondary N) is 1. The molecule has 30 heavy (non-hydrogen) atoms. The molecule has 1 fully saturated rings. The van der Waals surface area contributed by atoms with E-state index in [4.69, 9.17) is 26.6 Å². The van der Waals surface area contributed by atoms with Crippen molar-refractivity contribution in [2.75, 3.05) is 13.2 Å². The zero-order valence-corrected chi connectivity index (χ0v) is 18.5. The fourth-order valence-electron chi connectivity index (χ4n) is 4.32. The van der Waals surface area contributed by atoms with Crippen molar-refractivity contribution in [1.29, 1.82) is 5.26 Å². The Hall–Kier alpha value is -2.00. The van der Waals surface area contributed by atoms with Gasteiger partial charge in [0.1, 0.15) is 11.2 Å². The highest BCUT2D eigenvalue weighted by Gasteiger charge is 2.38. The van der Waals surface area contributed by atoms with Gasteiger partial charge in [-0.05, 0) is 56.0 Å². The SMILES string of the molecule is CCCCCC1C[C@](CCNCc2cnc(Cl)c(C#N)c2)(c2ccccn2)CCO1. The minimum atomic E-state index is 0.0411. The molecule has 0 bridgehead atoms. The summed E-state index contributed by atoms with van der Waals surface area (Å²) in [4.78, 5) is 8.83. The summed E-state index contributed by atoms with van der Waals surface area (Å²) in [7, 11) is 0. The molecule has 0 amide bonds. The van der Waals surface area contributed by atoms with Crippen molar-refractivity contribution in [2.24, 2.45) is 0 Å². The van der Waals surface area contributed by atoms with Gasteiger partial charge in [0, 0.05) is 36.7 Å². The van der Waals surface area contributed by atoms with Crippen LogP contribution in [0.1, 0.15) is 68.7 Å². The molecule has 2 aromatic heterocycles. The van der Waals surface area contributed by atoms with Crippen LogP contribution in [0.2, 0.25) is 5.15 Å². The molecule has 0 radical (unpaired) electrons. The Balaban J connectivity index is 1.63. The van der Waals surface area contributed by atoms with E-state index >= 15 is 0 Å². The molecule has 6 heteroatoms. The Labute approximate surface area is 184 Å². The summed E-state index contributed by atoms with van der Waals surface area (Å²) in [5, 5.41) is 12.9. The third kappa shape index (κ3) is 6.01. The van der Waals surface area contributed by atoms with Crippen LogP contribution in [0.3, 0.4) is 0 Å². The highest BCUT2D eigenvalue weighted by Crippen LogP contribution is 2.40. The van der Waals surface area contributed by atoms with Crippen molar-refractivity contribution in [3.8, 4) is 6.07 Å². The maximum atomic E-state index is 9.13. The van der Waals surface area contributed by atoms with Crippen LogP contribution in [0.5, 0.6) is 0 Å². The lowest BCUT2D eigenvalue weighted by atomic mass is 9.71. The fraction of sp³-hybridized carbons (Fsp3) is 0.542. The molecule has 1 aliphatic rings. The summed E-state index contributed by atoms with van der Waals surface area (Å²) < 4.78 is 6.11. The first-order valence-electron chi connectivity index (χ1n) is 11.0. The van der Waals surface area contributed by atoms with E-state index in [1.54, 1.807) is 12.3 Å². The van der Waals surface area contributed by atoms with Gasteiger partial charge in [-0.3, -0.25) is 4.98 Å². The second-order valence-corrected chi connectivity index (χ2v) is 8.52. The Morgan fingerprint density at radius 3 is 3.00 bits per heavy atom. The molecule has 0 spiro atoms. The molecule has 0 saturated carbocycles. The number of pyridine rings is 2. The predicted octanol–water partition coefficient (Wildman–Crippen LogP) is 5.18. The Morgan fingerprint density at radius 1 is 1.33 bits per heavy atom. The summed E-state index contributed by atoms with van der Waals surface area (Å²) in [5.41, 5.74) is 2.60. The summed E-state index contributed by atoms with van der Waals surface area (Å²) in [6.07, 6.45) is 11.8. The molecule has 3 rings (SSSR count). The molecule has 160 valence electrons. The first kappa shape index (κ1) is 22.7. The Kier molecular flexibility index (Phi) is 8.62. The lowest BCUT2D eigenvalue weighted by molar-refractivity contribution is -0.0295. The molecule has 2 aromatic rings.